The zero-order valence-corrected chi connectivity index (χ0v) is 16.7. The van der Waals surface area contributed by atoms with Gasteiger partial charge in [-0.15, -0.1) is 0 Å². The number of hydrogen-bond acceptors (Lipinski definition) is 7. The molecule has 31 heavy (non-hydrogen) atoms. The molecule has 0 N–H and O–H groups in total. The lowest BCUT2D eigenvalue weighted by Crippen LogP contribution is -2.24. The van der Waals surface area contributed by atoms with E-state index in [0.717, 1.165) is 29.6 Å². The number of para-hydroxylation sites is 2. The number of hydrogen-bond donors (Lipinski definition) is 0. The van der Waals surface area contributed by atoms with Crippen molar-refractivity contribution in [3.63, 3.8) is 0 Å². The largest absolute Gasteiger partial charge is 0.368 e. The molecule has 9 heteroatoms. The summed E-state index contributed by atoms with van der Waals surface area (Å²) < 4.78 is 14.5. The van der Waals surface area contributed by atoms with Gasteiger partial charge in [-0.3, -0.25) is 18.7 Å². The predicted molar refractivity (Wildman–Crippen MR) is 112 cm³/mol. The number of methoxy groups -OCH3 is 1. The molecule has 0 amide bonds. The Kier molecular flexibility index (Phi) is 3.81. The van der Waals surface area contributed by atoms with Crippen molar-refractivity contribution in [2.75, 3.05) is 7.11 Å². The Hall–Kier alpha value is -3.85. The summed E-state index contributed by atoms with van der Waals surface area (Å²) in [4.78, 5) is 27.0. The minimum Gasteiger partial charge on any atom is -0.368 e. The van der Waals surface area contributed by atoms with Gasteiger partial charge in [0.25, 0.3) is 11.4 Å². The first kappa shape index (κ1) is 18.0. The van der Waals surface area contributed by atoms with Gasteiger partial charge in [-0.25, -0.2) is 4.98 Å². The van der Waals surface area contributed by atoms with Crippen LogP contribution in [-0.2, 0) is 16.9 Å². The lowest BCUT2D eigenvalue weighted by molar-refractivity contribution is 0.0492. The molecule has 1 aromatic carbocycles. The van der Waals surface area contributed by atoms with Gasteiger partial charge in [-0.05, 0) is 37.1 Å². The van der Waals surface area contributed by atoms with Crippen LogP contribution in [0.15, 0.2) is 64.3 Å². The van der Waals surface area contributed by atoms with E-state index in [1.165, 1.54) is 0 Å². The van der Waals surface area contributed by atoms with Crippen LogP contribution < -0.4 is 5.56 Å². The van der Waals surface area contributed by atoms with Crippen molar-refractivity contribution in [1.29, 1.82) is 0 Å². The molecule has 154 valence electrons. The maximum atomic E-state index is 13.6. The maximum Gasteiger partial charge on any atom is 0.278 e. The van der Waals surface area contributed by atoms with Gasteiger partial charge in [-0.2, -0.15) is 4.98 Å². The molecule has 0 atom stereocenters. The quantitative estimate of drug-likeness (QED) is 0.436. The first-order valence-electron chi connectivity index (χ1n) is 9.98. The van der Waals surface area contributed by atoms with Crippen LogP contribution in [0.3, 0.4) is 0 Å². The molecular weight excluding hydrogens is 396 g/mol. The fourth-order valence-electron chi connectivity index (χ4n) is 3.97. The highest BCUT2D eigenvalue weighted by Crippen LogP contribution is 2.48. The topological polar surface area (TPSA) is 100 Å². The second-order valence-electron chi connectivity index (χ2n) is 7.63. The third kappa shape index (κ3) is 2.70. The number of benzene rings is 1. The average Bonchev–Trinajstić information content (AvgIpc) is 3.23. The third-order valence-corrected chi connectivity index (χ3v) is 5.82. The van der Waals surface area contributed by atoms with Gasteiger partial charge in [0, 0.05) is 13.3 Å². The first-order chi connectivity index (χ1) is 15.2. The van der Waals surface area contributed by atoms with E-state index >= 15 is 0 Å². The average molecular weight is 414 g/mol. The Labute approximate surface area is 175 Å². The van der Waals surface area contributed by atoms with Crippen molar-refractivity contribution >= 4 is 16.6 Å². The molecule has 1 fully saturated rings. The van der Waals surface area contributed by atoms with Crippen LogP contribution in [0.4, 0.5) is 0 Å². The lowest BCUT2D eigenvalue weighted by atomic mass is 10.2. The van der Waals surface area contributed by atoms with Crippen molar-refractivity contribution in [2.45, 2.75) is 25.0 Å². The van der Waals surface area contributed by atoms with Gasteiger partial charge in [0.15, 0.2) is 0 Å². The van der Waals surface area contributed by atoms with Crippen LogP contribution >= 0.6 is 0 Å². The van der Waals surface area contributed by atoms with E-state index in [1.54, 1.807) is 28.6 Å². The van der Waals surface area contributed by atoms with E-state index in [4.69, 9.17) is 9.26 Å². The van der Waals surface area contributed by atoms with Crippen LogP contribution in [0.5, 0.6) is 0 Å². The summed E-state index contributed by atoms with van der Waals surface area (Å²) in [6, 6.07) is 13.4. The number of aromatic nitrogens is 6. The number of imidazole rings is 1. The van der Waals surface area contributed by atoms with E-state index in [9.17, 15) is 4.79 Å². The summed E-state index contributed by atoms with van der Waals surface area (Å²) in [5.74, 6) is 0.693. The van der Waals surface area contributed by atoms with Gasteiger partial charge in [0.05, 0.1) is 23.3 Å². The molecule has 6 rings (SSSR count). The molecule has 1 saturated carbocycles. The van der Waals surface area contributed by atoms with Crippen LogP contribution in [0.2, 0.25) is 0 Å². The molecule has 4 heterocycles. The second-order valence-corrected chi connectivity index (χ2v) is 7.63. The molecule has 0 radical (unpaired) electrons. The van der Waals surface area contributed by atoms with Crippen LogP contribution in [0.1, 0.15) is 24.4 Å². The highest BCUT2D eigenvalue weighted by atomic mass is 16.5. The SMILES string of the molecule is COC1(c2nc(-c3ncn4c3c(=O)n(Cc3ccccn3)c3ccccc34)no2)CC1. The van der Waals surface area contributed by atoms with Crippen molar-refractivity contribution in [1.82, 2.24) is 29.1 Å². The van der Waals surface area contributed by atoms with Gasteiger partial charge in [0.1, 0.15) is 23.1 Å². The second kappa shape index (κ2) is 6.58. The molecule has 4 aromatic heterocycles. The zero-order valence-electron chi connectivity index (χ0n) is 16.7. The van der Waals surface area contributed by atoms with Crippen molar-refractivity contribution in [3.8, 4) is 11.5 Å². The molecule has 0 spiro atoms. The molecule has 0 aliphatic heterocycles. The lowest BCUT2D eigenvalue weighted by Gasteiger charge is -2.12. The Morgan fingerprint density at radius 1 is 1.10 bits per heavy atom. The molecule has 0 unspecified atom stereocenters. The Balaban J connectivity index is 1.58. The van der Waals surface area contributed by atoms with Gasteiger partial charge < -0.3 is 9.26 Å². The first-order valence-corrected chi connectivity index (χ1v) is 9.98. The fourth-order valence-corrected chi connectivity index (χ4v) is 3.97. The number of rotatable bonds is 5. The van der Waals surface area contributed by atoms with Gasteiger partial charge in [-0.1, -0.05) is 23.4 Å². The van der Waals surface area contributed by atoms with Gasteiger partial charge in [0.2, 0.25) is 5.82 Å². The van der Waals surface area contributed by atoms with Crippen molar-refractivity contribution in [2.24, 2.45) is 0 Å². The summed E-state index contributed by atoms with van der Waals surface area (Å²) in [6.45, 7) is 0.339. The molecule has 1 aliphatic rings. The Morgan fingerprint density at radius 2 is 1.90 bits per heavy atom. The monoisotopic (exact) mass is 414 g/mol. The zero-order chi connectivity index (χ0) is 21.0. The Bertz CT molecular complexity index is 1480. The highest BCUT2D eigenvalue weighted by Gasteiger charge is 2.50. The van der Waals surface area contributed by atoms with Crippen molar-refractivity contribution in [3.05, 3.63) is 76.9 Å². The summed E-state index contributed by atoms with van der Waals surface area (Å²) >= 11 is 0. The van der Waals surface area contributed by atoms with Crippen LogP contribution in [-0.4, -0.2) is 36.2 Å². The highest BCUT2D eigenvalue weighted by molar-refractivity contribution is 5.83. The molecule has 9 nitrogen and oxygen atoms in total. The van der Waals surface area contributed by atoms with E-state index in [-0.39, 0.29) is 11.4 Å². The summed E-state index contributed by atoms with van der Waals surface area (Å²) in [5.41, 5.74) is 2.50. The number of nitrogens with zero attached hydrogens (tertiary/aromatic N) is 6. The standard InChI is InChI=1S/C22H18N6O3/c1-30-22(9-10-22)21-25-19(26-31-21)17-18-20(29)27(12-14-6-4-5-11-23-14)15-7-2-3-8-16(15)28(18)13-24-17/h2-8,11,13H,9-10,12H2,1H3. The minimum atomic E-state index is -0.507. The van der Waals surface area contributed by atoms with Crippen LogP contribution in [0.25, 0.3) is 28.1 Å². The van der Waals surface area contributed by atoms with E-state index < -0.39 is 5.60 Å². The Morgan fingerprint density at radius 3 is 2.65 bits per heavy atom. The maximum absolute atomic E-state index is 13.6. The van der Waals surface area contributed by atoms with Gasteiger partial charge >= 0.3 is 0 Å². The summed E-state index contributed by atoms with van der Waals surface area (Å²) in [6.07, 6.45) is 5.00. The fraction of sp³-hybridized carbons (Fsp3) is 0.227. The summed E-state index contributed by atoms with van der Waals surface area (Å²) in [5, 5.41) is 4.10. The van der Waals surface area contributed by atoms with E-state index in [0.29, 0.717) is 23.6 Å². The third-order valence-electron chi connectivity index (χ3n) is 5.82. The normalized spacial score (nSPS) is 15.0. The molecular formula is C22H18N6O3. The summed E-state index contributed by atoms with van der Waals surface area (Å²) in [7, 11) is 1.63. The smallest absolute Gasteiger partial charge is 0.278 e. The molecule has 1 aliphatic carbocycles. The van der Waals surface area contributed by atoms with Crippen molar-refractivity contribution < 1.29 is 9.26 Å². The molecule has 0 saturated heterocycles. The predicted octanol–water partition coefficient (Wildman–Crippen LogP) is 2.78. The molecule has 5 aromatic rings. The van der Waals surface area contributed by atoms with E-state index in [1.807, 2.05) is 42.5 Å². The number of fused-ring (bicyclic) bond motifs is 3. The minimum absolute atomic E-state index is 0.198. The molecule has 0 bridgehead atoms. The van der Waals surface area contributed by atoms with E-state index in [2.05, 4.69) is 20.1 Å². The number of ether oxygens (including phenoxy) is 1. The van der Waals surface area contributed by atoms with Crippen LogP contribution in [0, 0.1) is 0 Å². The number of pyridine rings is 1.